The number of aliphatic imine (C=N–C) groups is 1. The largest absolute Gasteiger partial charge is 0.469 e. The van der Waals surface area contributed by atoms with Crippen LogP contribution in [0.1, 0.15) is 133 Å². The van der Waals surface area contributed by atoms with Crippen LogP contribution in [0.25, 0.3) is 28.5 Å². The molecule has 4 heterocycles. The maximum atomic E-state index is 13.8. The number of carbonyl (C=O) groups is 4. The van der Waals surface area contributed by atoms with Crippen molar-refractivity contribution in [2.45, 2.75) is 111 Å². The molecular weight excluding hydrogens is 827 g/mol. The van der Waals surface area contributed by atoms with E-state index in [9.17, 15) is 19.2 Å². The SMILES string of the molecule is COC(=O)C[C@H](C(=O)N1CCC[C@H]1C1=NC=C(c2ccc(C(=Cc3ccc(-c4cnc([C@@H]5CCCN5C(=O)[C@@H](CC(=O)OC)C(C)C)[nH]4)cc3)c3ccc(C(C)(C)C)cc3)cc2)C1)C(C)C. The van der Waals surface area contributed by atoms with Crippen LogP contribution in [0, 0.1) is 23.7 Å². The van der Waals surface area contributed by atoms with Crippen molar-refractivity contribution in [2.75, 3.05) is 27.3 Å². The number of nitrogens with one attached hydrogen (secondary N) is 1. The van der Waals surface area contributed by atoms with Crippen molar-refractivity contribution in [3.05, 3.63) is 119 Å². The number of H-pyrrole nitrogens is 1. The first kappa shape index (κ1) is 47.9. The third-order valence-electron chi connectivity index (χ3n) is 13.8. The van der Waals surface area contributed by atoms with Crippen molar-refractivity contribution in [3.63, 3.8) is 0 Å². The summed E-state index contributed by atoms with van der Waals surface area (Å²) >= 11 is 0. The fourth-order valence-electron chi connectivity index (χ4n) is 9.61. The summed E-state index contributed by atoms with van der Waals surface area (Å²) in [6, 6.07) is 25.7. The first-order chi connectivity index (χ1) is 31.6. The quantitative estimate of drug-likeness (QED) is 0.0927. The highest BCUT2D eigenvalue weighted by atomic mass is 16.5. The average Bonchev–Trinajstić information content (AvgIpc) is 4.16. The second-order valence-electron chi connectivity index (χ2n) is 19.9. The van der Waals surface area contributed by atoms with Crippen molar-refractivity contribution in [1.29, 1.82) is 0 Å². The van der Waals surface area contributed by atoms with E-state index in [1.165, 1.54) is 19.8 Å². The first-order valence-electron chi connectivity index (χ1n) is 23.6. The second kappa shape index (κ2) is 20.6. The second-order valence-corrected chi connectivity index (χ2v) is 19.9. The van der Waals surface area contributed by atoms with Crippen molar-refractivity contribution in [1.82, 2.24) is 19.8 Å². The van der Waals surface area contributed by atoms with Gasteiger partial charge in [-0.05, 0) is 93.5 Å². The van der Waals surface area contributed by atoms with E-state index >= 15 is 0 Å². The highest BCUT2D eigenvalue weighted by Gasteiger charge is 2.40. The molecule has 0 unspecified atom stereocenters. The zero-order chi connectivity index (χ0) is 47.3. The number of nitrogens with zero attached hydrogens (tertiary/aromatic N) is 4. The van der Waals surface area contributed by atoms with Gasteiger partial charge in [0.15, 0.2) is 0 Å². The zero-order valence-corrected chi connectivity index (χ0v) is 40.2. The van der Waals surface area contributed by atoms with Gasteiger partial charge < -0.3 is 24.3 Å². The maximum absolute atomic E-state index is 13.8. The Kier molecular flexibility index (Phi) is 14.9. The topological polar surface area (TPSA) is 134 Å². The summed E-state index contributed by atoms with van der Waals surface area (Å²) in [6.45, 7) is 15.9. The molecule has 0 bridgehead atoms. The summed E-state index contributed by atoms with van der Waals surface area (Å²) < 4.78 is 9.83. The predicted octanol–water partition coefficient (Wildman–Crippen LogP) is 10.5. The molecule has 4 aromatic rings. The molecule has 11 nitrogen and oxygen atoms in total. The minimum absolute atomic E-state index is 0.00123. The number of amides is 2. The molecule has 0 radical (unpaired) electrons. The lowest BCUT2D eigenvalue weighted by Gasteiger charge is -2.30. The number of carbonyl (C=O) groups excluding carboxylic acids is 4. The Labute approximate surface area is 390 Å². The van der Waals surface area contributed by atoms with Crippen LogP contribution in [0.2, 0.25) is 0 Å². The van der Waals surface area contributed by atoms with Gasteiger partial charge in [0.05, 0.1) is 62.9 Å². The molecule has 2 saturated heterocycles. The van der Waals surface area contributed by atoms with E-state index in [1.807, 2.05) is 49.9 Å². The molecule has 1 N–H and O–H groups in total. The van der Waals surface area contributed by atoms with Crippen molar-refractivity contribution in [3.8, 4) is 11.3 Å². The maximum Gasteiger partial charge on any atom is 0.306 e. The molecule has 7 rings (SSSR count). The van der Waals surface area contributed by atoms with Crippen LogP contribution in [0.15, 0.2) is 90.2 Å². The van der Waals surface area contributed by atoms with Crippen LogP contribution >= 0.6 is 0 Å². The van der Waals surface area contributed by atoms with E-state index in [4.69, 9.17) is 19.5 Å². The molecule has 11 heteroatoms. The number of hydrogen-bond donors (Lipinski definition) is 1. The highest BCUT2D eigenvalue weighted by molar-refractivity contribution is 6.03. The van der Waals surface area contributed by atoms with E-state index in [0.717, 1.165) is 81.9 Å². The Balaban J connectivity index is 1.08. The Hall–Kier alpha value is -6.10. The molecule has 4 atom stereocenters. The number of imidazole rings is 1. The molecule has 0 saturated carbocycles. The van der Waals surface area contributed by atoms with Gasteiger partial charge in [-0.15, -0.1) is 0 Å². The molecule has 348 valence electrons. The van der Waals surface area contributed by atoms with Crippen LogP contribution in [-0.2, 0) is 34.1 Å². The number of ether oxygens (including phenoxy) is 2. The number of methoxy groups -OCH3 is 2. The molecular formula is C55H67N5O6. The number of esters is 2. The summed E-state index contributed by atoms with van der Waals surface area (Å²) in [7, 11) is 2.73. The fourth-order valence-corrected chi connectivity index (χ4v) is 9.61. The summed E-state index contributed by atoms with van der Waals surface area (Å²) in [5, 5.41) is 0. The molecule has 1 aromatic heterocycles. The van der Waals surface area contributed by atoms with Crippen LogP contribution in [0.4, 0.5) is 0 Å². The molecule has 2 fully saturated rings. The van der Waals surface area contributed by atoms with Crippen molar-refractivity contribution < 1.29 is 28.7 Å². The normalized spacial score (nSPS) is 18.7. The van der Waals surface area contributed by atoms with Gasteiger partial charge in [0, 0.05) is 31.4 Å². The molecule has 0 aliphatic carbocycles. The lowest BCUT2D eigenvalue weighted by atomic mass is 9.85. The Morgan fingerprint density at radius 1 is 0.727 bits per heavy atom. The van der Waals surface area contributed by atoms with Gasteiger partial charge >= 0.3 is 11.9 Å². The fraction of sp³-hybridized carbons (Fsp3) is 0.455. The minimum atomic E-state index is -0.446. The molecule has 3 aromatic carbocycles. The molecule has 2 amide bonds. The molecule has 3 aliphatic heterocycles. The van der Waals surface area contributed by atoms with E-state index in [0.29, 0.717) is 19.5 Å². The number of benzene rings is 3. The van der Waals surface area contributed by atoms with Crippen LogP contribution in [-0.4, -0.2) is 82.6 Å². The Bertz CT molecular complexity index is 2470. The number of allylic oxidation sites excluding steroid dienone is 1. The molecule has 3 aliphatic rings. The monoisotopic (exact) mass is 894 g/mol. The molecule has 66 heavy (non-hydrogen) atoms. The minimum Gasteiger partial charge on any atom is -0.469 e. The lowest BCUT2D eigenvalue weighted by Crippen LogP contribution is -2.45. The van der Waals surface area contributed by atoms with Gasteiger partial charge in [-0.1, -0.05) is 121 Å². The van der Waals surface area contributed by atoms with E-state index in [-0.39, 0.29) is 65.9 Å². The summed E-state index contributed by atoms with van der Waals surface area (Å²) in [5.41, 5.74) is 10.7. The predicted molar refractivity (Wildman–Crippen MR) is 261 cm³/mol. The Morgan fingerprint density at radius 2 is 1.24 bits per heavy atom. The number of likely N-dealkylation sites (tertiary alicyclic amines) is 2. The number of aromatic nitrogens is 2. The Morgan fingerprint density at radius 3 is 1.77 bits per heavy atom. The highest BCUT2D eigenvalue weighted by Crippen LogP contribution is 2.37. The third kappa shape index (κ3) is 10.8. The summed E-state index contributed by atoms with van der Waals surface area (Å²) in [5.74, 6) is -0.856. The zero-order valence-electron chi connectivity index (χ0n) is 40.2. The van der Waals surface area contributed by atoms with Crippen molar-refractivity contribution >= 4 is 46.7 Å². The smallest absolute Gasteiger partial charge is 0.306 e. The number of hydrogen-bond acceptors (Lipinski definition) is 8. The van der Waals surface area contributed by atoms with Gasteiger partial charge in [-0.3, -0.25) is 24.2 Å². The summed E-state index contributed by atoms with van der Waals surface area (Å²) in [4.78, 5) is 68.9. The van der Waals surface area contributed by atoms with E-state index in [1.54, 1.807) is 0 Å². The third-order valence-corrected chi connectivity index (χ3v) is 13.8. The first-order valence-corrected chi connectivity index (χ1v) is 23.6. The number of aromatic amines is 1. The van der Waals surface area contributed by atoms with E-state index in [2.05, 4.69) is 105 Å². The van der Waals surface area contributed by atoms with E-state index < -0.39 is 11.8 Å². The summed E-state index contributed by atoms with van der Waals surface area (Å²) in [6.07, 6.45) is 10.3. The number of rotatable bonds is 15. The van der Waals surface area contributed by atoms with Gasteiger partial charge in [0.25, 0.3) is 0 Å². The van der Waals surface area contributed by atoms with Gasteiger partial charge in [0.1, 0.15) is 5.82 Å². The van der Waals surface area contributed by atoms with Gasteiger partial charge in [-0.2, -0.15) is 0 Å². The van der Waals surface area contributed by atoms with Crippen molar-refractivity contribution in [2.24, 2.45) is 28.7 Å². The van der Waals surface area contributed by atoms with Crippen LogP contribution in [0.3, 0.4) is 0 Å². The van der Waals surface area contributed by atoms with Crippen LogP contribution in [0.5, 0.6) is 0 Å². The lowest BCUT2D eigenvalue weighted by molar-refractivity contribution is -0.148. The van der Waals surface area contributed by atoms with Crippen LogP contribution < -0.4 is 0 Å². The van der Waals surface area contributed by atoms with Gasteiger partial charge in [0.2, 0.25) is 11.8 Å². The standard InChI is InChI=1S/C55H67N5O6/c1-34(2)43(30-50(61)65-8)53(63)59-26-10-12-48(59)46-29-41(32-56-46)37-18-20-38(21-19-37)45(39-22-24-42(25-23-39)55(5,6)7)28-36-14-16-40(17-15-36)47-33-57-52(58-47)49-13-11-27-60(49)54(64)44(35(3)4)31-51(62)66-9/h14-25,28,32-35,43-44,48-49H,10-13,26-27,29-31H2,1-9H3,(H,57,58)/t43-,44-,48-,49-/m0/s1. The average molecular weight is 894 g/mol. The molecule has 0 spiro atoms. The van der Waals surface area contributed by atoms with Gasteiger partial charge in [-0.25, -0.2) is 4.98 Å².